The largest absolute Gasteiger partial charge is 0.383 e. The summed E-state index contributed by atoms with van der Waals surface area (Å²) in [6.45, 7) is 2.50. The highest BCUT2D eigenvalue weighted by atomic mass is 32.2. The van der Waals surface area contributed by atoms with Crippen LogP contribution in [0.5, 0.6) is 0 Å². The van der Waals surface area contributed by atoms with Gasteiger partial charge in [-0.15, -0.1) is 0 Å². The Morgan fingerprint density at radius 3 is 2.54 bits per heavy atom. The van der Waals surface area contributed by atoms with Gasteiger partial charge in [-0.05, 0) is 38.0 Å². The molecule has 1 unspecified atom stereocenters. The van der Waals surface area contributed by atoms with E-state index in [1.165, 1.54) is 4.31 Å². The minimum absolute atomic E-state index is 0.121. The molecule has 1 atom stereocenters. The van der Waals surface area contributed by atoms with Crippen molar-refractivity contribution >= 4 is 16.1 Å². The molecular formula is C16H29N3O4S. The van der Waals surface area contributed by atoms with Crippen molar-refractivity contribution in [3.05, 3.63) is 12.2 Å². The fraction of sp³-hybridized carbons (Fsp3) is 0.812. The average molecular weight is 359 g/mol. The van der Waals surface area contributed by atoms with Crippen molar-refractivity contribution in [3.63, 3.8) is 0 Å². The normalized spacial score (nSPS) is 23.3. The topological polar surface area (TPSA) is 92.9 Å². The van der Waals surface area contributed by atoms with Crippen LogP contribution in [0.25, 0.3) is 0 Å². The monoisotopic (exact) mass is 359 g/mol. The molecule has 24 heavy (non-hydrogen) atoms. The van der Waals surface area contributed by atoms with E-state index in [9.17, 15) is 13.2 Å². The molecule has 1 aliphatic carbocycles. The predicted molar refractivity (Wildman–Crippen MR) is 92.3 cm³/mol. The highest BCUT2D eigenvalue weighted by Gasteiger charge is 2.32. The number of hydrogen-bond acceptors (Lipinski definition) is 4. The second-order valence-corrected chi connectivity index (χ2v) is 8.19. The summed E-state index contributed by atoms with van der Waals surface area (Å²) in [6.07, 6.45) is 8.65. The molecule has 7 nitrogen and oxygen atoms in total. The Bertz CT molecular complexity index is 542. The average Bonchev–Trinajstić information content (AvgIpc) is 2.58. The van der Waals surface area contributed by atoms with Gasteiger partial charge in [0.05, 0.1) is 6.61 Å². The summed E-state index contributed by atoms with van der Waals surface area (Å²) in [6, 6.07) is 0. The predicted octanol–water partition coefficient (Wildman–Crippen LogP) is 0.733. The summed E-state index contributed by atoms with van der Waals surface area (Å²) >= 11 is 0. The summed E-state index contributed by atoms with van der Waals surface area (Å²) in [5.74, 6) is 0.495. The number of ether oxygens (including phenoxy) is 1. The summed E-state index contributed by atoms with van der Waals surface area (Å²) in [5, 5.41) is 5.16. The van der Waals surface area contributed by atoms with Crippen molar-refractivity contribution in [1.82, 2.24) is 9.21 Å². The zero-order valence-electron chi connectivity index (χ0n) is 14.4. The van der Waals surface area contributed by atoms with Gasteiger partial charge in [0.15, 0.2) is 0 Å². The van der Waals surface area contributed by atoms with Crippen molar-refractivity contribution in [1.29, 1.82) is 0 Å². The van der Waals surface area contributed by atoms with Crippen molar-refractivity contribution < 1.29 is 17.9 Å². The lowest BCUT2D eigenvalue weighted by Crippen LogP contribution is -2.47. The van der Waals surface area contributed by atoms with Gasteiger partial charge in [0, 0.05) is 39.2 Å². The van der Waals surface area contributed by atoms with Gasteiger partial charge < -0.3 is 9.64 Å². The summed E-state index contributed by atoms with van der Waals surface area (Å²) in [5.41, 5.74) is 0. The molecule has 1 fully saturated rings. The van der Waals surface area contributed by atoms with Crippen LogP contribution in [0, 0.1) is 11.8 Å². The minimum Gasteiger partial charge on any atom is -0.383 e. The van der Waals surface area contributed by atoms with Crippen molar-refractivity contribution in [2.24, 2.45) is 17.0 Å². The van der Waals surface area contributed by atoms with E-state index in [-0.39, 0.29) is 11.8 Å². The molecule has 0 spiro atoms. The molecule has 1 amide bonds. The Kier molecular flexibility index (Phi) is 7.21. The number of carbonyl (C=O) groups is 1. The Morgan fingerprint density at radius 1 is 1.29 bits per heavy atom. The maximum Gasteiger partial charge on any atom is 0.276 e. The quantitative estimate of drug-likeness (QED) is 0.678. The Balaban J connectivity index is 1.93. The van der Waals surface area contributed by atoms with Gasteiger partial charge in [0.2, 0.25) is 5.91 Å². The number of nitrogens with zero attached hydrogens (tertiary/aromatic N) is 2. The Morgan fingerprint density at radius 2 is 2.00 bits per heavy atom. The van der Waals surface area contributed by atoms with Crippen LogP contribution in [0.1, 0.15) is 32.1 Å². The van der Waals surface area contributed by atoms with Crippen LogP contribution in [0.3, 0.4) is 0 Å². The van der Waals surface area contributed by atoms with Gasteiger partial charge in [-0.25, -0.2) is 5.14 Å². The van der Waals surface area contributed by atoms with E-state index in [4.69, 9.17) is 9.88 Å². The molecule has 1 saturated heterocycles. The SMILES string of the molecule is COCCN(CC1CC=CCC1)C(=O)C1CCN(S(N)(=O)=O)CC1. The number of amides is 1. The van der Waals surface area contributed by atoms with E-state index in [2.05, 4.69) is 12.2 Å². The summed E-state index contributed by atoms with van der Waals surface area (Å²) < 4.78 is 29.2. The zero-order chi connectivity index (χ0) is 17.6. The highest BCUT2D eigenvalue weighted by Crippen LogP contribution is 2.24. The number of piperidine rings is 1. The molecule has 1 heterocycles. The molecule has 0 aromatic rings. The van der Waals surface area contributed by atoms with Crippen LogP contribution in [0.15, 0.2) is 12.2 Å². The van der Waals surface area contributed by atoms with Gasteiger partial charge >= 0.3 is 0 Å². The van der Waals surface area contributed by atoms with Crippen LogP contribution >= 0.6 is 0 Å². The molecule has 2 rings (SSSR count). The number of hydrogen-bond donors (Lipinski definition) is 1. The first-order chi connectivity index (χ1) is 11.4. The van der Waals surface area contributed by atoms with Crippen LogP contribution in [-0.4, -0.2) is 63.4 Å². The van der Waals surface area contributed by atoms with E-state index < -0.39 is 10.2 Å². The second-order valence-electron chi connectivity index (χ2n) is 6.65. The van der Waals surface area contributed by atoms with Crippen molar-refractivity contribution in [2.45, 2.75) is 32.1 Å². The maximum atomic E-state index is 12.9. The molecule has 0 bridgehead atoms. The van der Waals surface area contributed by atoms with Gasteiger partial charge in [0.25, 0.3) is 10.2 Å². The number of nitrogens with two attached hydrogens (primary N) is 1. The lowest BCUT2D eigenvalue weighted by molar-refractivity contribution is -0.138. The first-order valence-corrected chi connectivity index (χ1v) is 10.1. The van der Waals surface area contributed by atoms with Gasteiger partial charge in [-0.3, -0.25) is 4.79 Å². The minimum atomic E-state index is -3.65. The molecule has 0 saturated carbocycles. The fourth-order valence-corrected chi connectivity index (χ4v) is 4.16. The van der Waals surface area contributed by atoms with E-state index in [0.29, 0.717) is 45.0 Å². The third-order valence-electron chi connectivity index (χ3n) is 4.90. The summed E-state index contributed by atoms with van der Waals surface area (Å²) in [4.78, 5) is 14.8. The first kappa shape index (κ1) is 19.4. The fourth-order valence-electron chi connectivity index (χ4n) is 3.44. The Labute approximate surface area is 145 Å². The van der Waals surface area contributed by atoms with Gasteiger partial charge in [-0.2, -0.15) is 12.7 Å². The molecule has 2 aliphatic rings. The standard InChI is InChI=1S/C16H29N3O4S/c1-23-12-11-18(13-14-5-3-2-4-6-14)16(20)15-7-9-19(10-8-15)24(17,21)22/h2-3,14-15H,4-13H2,1H3,(H2,17,21,22). The lowest BCUT2D eigenvalue weighted by Gasteiger charge is -2.34. The van der Waals surface area contributed by atoms with Crippen LogP contribution in [0.2, 0.25) is 0 Å². The second kappa shape index (κ2) is 8.94. The highest BCUT2D eigenvalue weighted by molar-refractivity contribution is 7.86. The number of rotatable bonds is 7. The lowest BCUT2D eigenvalue weighted by atomic mass is 9.92. The maximum absolute atomic E-state index is 12.9. The third-order valence-corrected chi connectivity index (χ3v) is 5.98. The number of allylic oxidation sites excluding steroid dienone is 2. The van der Waals surface area contributed by atoms with Crippen LogP contribution in [0.4, 0.5) is 0 Å². The molecular weight excluding hydrogens is 330 g/mol. The van der Waals surface area contributed by atoms with E-state index in [0.717, 1.165) is 25.8 Å². The first-order valence-electron chi connectivity index (χ1n) is 8.62. The van der Waals surface area contributed by atoms with E-state index in [1.54, 1.807) is 7.11 Å². The molecule has 8 heteroatoms. The van der Waals surface area contributed by atoms with Crippen LogP contribution < -0.4 is 5.14 Å². The zero-order valence-corrected chi connectivity index (χ0v) is 15.2. The Hall–Kier alpha value is -0.960. The molecule has 138 valence electrons. The molecule has 2 N–H and O–H groups in total. The van der Waals surface area contributed by atoms with Gasteiger partial charge in [-0.1, -0.05) is 12.2 Å². The van der Waals surface area contributed by atoms with Gasteiger partial charge in [0.1, 0.15) is 0 Å². The molecule has 0 aromatic heterocycles. The van der Waals surface area contributed by atoms with Crippen molar-refractivity contribution in [3.8, 4) is 0 Å². The van der Waals surface area contributed by atoms with Crippen molar-refractivity contribution in [2.75, 3.05) is 39.9 Å². The smallest absolute Gasteiger partial charge is 0.276 e. The third kappa shape index (κ3) is 5.54. The molecule has 0 aromatic carbocycles. The van der Waals surface area contributed by atoms with E-state index in [1.807, 2.05) is 4.90 Å². The van der Waals surface area contributed by atoms with Crippen LogP contribution in [-0.2, 0) is 19.7 Å². The number of methoxy groups -OCH3 is 1. The number of carbonyl (C=O) groups excluding carboxylic acids is 1. The molecule has 1 aliphatic heterocycles. The summed E-state index contributed by atoms with van der Waals surface area (Å²) in [7, 11) is -2.02. The van der Waals surface area contributed by atoms with E-state index >= 15 is 0 Å². The molecule has 0 radical (unpaired) electrons.